The number of fused-ring (bicyclic) bond motifs is 1. The fraction of sp³-hybridized carbons (Fsp3) is 0.474. The molecule has 1 N–H and O–H groups in total. The molecule has 1 aliphatic heterocycles. The molecule has 3 rings (SSSR count). The van der Waals surface area contributed by atoms with Crippen LogP contribution in [-0.2, 0) is 4.79 Å². The number of hydrogen-bond donors (Lipinski definition) is 1. The van der Waals surface area contributed by atoms with Crippen molar-refractivity contribution in [2.24, 2.45) is 0 Å². The molecule has 25 heavy (non-hydrogen) atoms. The molecule has 0 aliphatic carbocycles. The van der Waals surface area contributed by atoms with Crippen LogP contribution < -0.4 is 10.2 Å². The number of pyridine rings is 1. The summed E-state index contributed by atoms with van der Waals surface area (Å²) in [5, 5.41) is 4.14. The summed E-state index contributed by atoms with van der Waals surface area (Å²) in [7, 11) is 0. The Kier molecular flexibility index (Phi) is 5.59. The van der Waals surface area contributed by atoms with Gasteiger partial charge in [0.1, 0.15) is 5.82 Å². The first-order valence-corrected chi connectivity index (χ1v) is 9.59. The largest absolute Gasteiger partial charge is 0.354 e. The second kappa shape index (κ2) is 7.70. The van der Waals surface area contributed by atoms with Gasteiger partial charge < -0.3 is 10.2 Å². The number of aromatic nitrogens is 1. The van der Waals surface area contributed by atoms with Gasteiger partial charge in [0.15, 0.2) is 0 Å². The summed E-state index contributed by atoms with van der Waals surface area (Å²) in [5.74, 6) is 1.11. The standard InChI is InChI=1S/C19H25BrN4O/c1-13(2)21-19(25)14(3)23-8-10-24(11-9-23)18-7-5-15-4-6-16(20)12-17(15)22-18/h4-7,12-14H,8-11H2,1-3H3,(H,21,25). The Balaban J connectivity index is 1.65. The second-order valence-corrected chi connectivity index (χ2v) is 7.78. The summed E-state index contributed by atoms with van der Waals surface area (Å²) in [6.45, 7) is 9.46. The molecule has 0 saturated carbocycles. The quantitative estimate of drug-likeness (QED) is 0.850. The van der Waals surface area contributed by atoms with Crippen LogP contribution >= 0.6 is 15.9 Å². The molecule has 5 nitrogen and oxygen atoms in total. The van der Waals surface area contributed by atoms with Gasteiger partial charge in [-0.25, -0.2) is 4.98 Å². The molecule has 1 atom stereocenters. The van der Waals surface area contributed by atoms with Crippen molar-refractivity contribution in [3.8, 4) is 0 Å². The number of rotatable bonds is 4. The maximum Gasteiger partial charge on any atom is 0.237 e. The normalized spacial score (nSPS) is 17.1. The number of nitrogens with one attached hydrogen (secondary N) is 1. The summed E-state index contributed by atoms with van der Waals surface area (Å²) in [5.41, 5.74) is 0.999. The Hall–Kier alpha value is -1.66. The minimum absolute atomic E-state index is 0.0925. The zero-order valence-electron chi connectivity index (χ0n) is 15.0. The SMILES string of the molecule is CC(C)NC(=O)C(C)N1CCN(c2ccc3ccc(Br)cc3n2)CC1. The molecule has 0 spiro atoms. The third kappa shape index (κ3) is 4.30. The Bertz CT molecular complexity index is 756. The molecule has 1 aliphatic rings. The molecule has 1 unspecified atom stereocenters. The van der Waals surface area contributed by atoms with E-state index in [0.29, 0.717) is 0 Å². The van der Waals surface area contributed by atoms with E-state index < -0.39 is 0 Å². The number of halogens is 1. The number of anilines is 1. The van der Waals surface area contributed by atoms with Crippen molar-refractivity contribution >= 4 is 38.6 Å². The lowest BCUT2D eigenvalue weighted by molar-refractivity contribution is -0.126. The van der Waals surface area contributed by atoms with Crippen LogP contribution in [0.4, 0.5) is 5.82 Å². The Morgan fingerprint density at radius 3 is 2.48 bits per heavy atom. The fourth-order valence-corrected chi connectivity index (χ4v) is 3.51. The average Bonchev–Trinajstić information content (AvgIpc) is 2.60. The van der Waals surface area contributed by atoms with Gasteiger partial charge in [-0.3, -0.25) is 9.69 Å². The third-order valence-corrected chi connectivity index (χ3v) is 5.13. The van der Waals surface area contributed by atoms with Crippen LogP contribution in [0.5, 0.6) is 0 Å². The summed E-state index contributed by atoms with van der Waals surface area (Å²) < 4.78 is 1.04. The van der Waals surface area contributed by atoms with Crippen LogP contribution in [0.3, 0.4) is 0 Å². The maximum atomic E-state index is 12.2. The highest BCUT2D eigenvalue weighted by atomic mass is 79.9. The number of piperazine rings is 1. The first-order chi connectivity index (χ1) is 11.9. The van der Waals surface area contributed by atoms with Crippen molar-refractivity contribution in [1.82, 2.24) is 15.2 Å². The molecule has 1 fully saturated rings. The predicted molar refractivity (Wildman–Crippen MR) is 106 cm³/mol. The van der Waals surface area contributed by atoms with E-state index in [4.69, 9.17) is 4.98 Å². The molecule has 0 bridgehead atoms. The number of carbonyl (C=O) groups is 1. The van der Waals surface area contributed by atoms with Gasteiger partial charge in [-0.05, 0) is 45.0 Å². The van der Waals surface area contributed by atoms with Crippen molar-refractivity contribution in [1.29, 1.82) is 0 Å². The van der Waals surface area contributed by atoms with Crippen LogP contribution in [0, 0.1) is 0 Å². The highest BCUT2D eigenvalue weighted by Crippen LogP contribution is 2.22. The van der Waals surface area contributed by atoms with E-state index in [1.807, 2.05) is 32.9 Å². The predicted octanol–water partition coefficient (Wildman–Crippen LogP) is 3.03. The van der Waals surface area contributed by atoms with Crippen molar-refractivity contribution in [2.45, 2.75) is 32.9 Å². The molecule has 2 aromatic rings. The van der Waals surface area contributed by atoms with Crippen LogP contribution in [0.1, 0.15) is 20.8 Å². The summed E-state index contributed by atoms with van der Waals surface area (Å²) in [6, 6.07) is 10.4. The minimum Gasteiger partial charge on any atom is -0.354 e. The van der Waals surface area contributed by atoms with Crippen LogP contribution in [0.15, 0.2) is 34.8 Å². The maximum absolute atomic E-state index is 12.2. The first kappa shape index (κ1) is 18.1. The van der Waals surface area contributed by atoms with Gasteiger partial charge >= 0.3 is 0 Å². The molecular formula is C19H25BrN4O. The van der Waals surface area contributed by atoms with Crippen molar-refractivity contribution < 1.29 is 4.79 Å². The van der Waals surface area contributed by atoms with Gasteiger partial charge in [0.05, 0.1) is 11.6 Å². The van der Waals surface area contributed by atoms with Crippen LogP contribution in [0.25, 0.3) is 10.9 Å². The zero-order valence-corrected chi connectivity index (χ0v) is 16.6. The van der Waals surface area contributed by atoms with E-state index in [0.717, 1.165) is 47.4 Å². The number of amides is 1. The van der Waals surface area contributed by atoms with Crippen molar-refractivity contribution in [3.05, 3.63) is 34.8 Å². The Morgan fingerprint density at radius 1 is 1.12 bits per heavy atom. The van der Waals surface area contributed by atoms with Gasteiger partial charge in [0.2, 0.25) is 5.91 Å². The first-order valence-electron chi connectivity index (χ1n) is 8.80. The topological polar surface area (TPSA) is 48.5 Å². The third-order valence-electron chi connectivity index (χ3n) is 4.64. The van der Waals surface area contributed by atoms with Gasteiger partial charge in [-0.1, -0.05) is 22.0 Å². The van der Waals surface area contributed by atoms with Crippen molar-refractivity contribution in [2.75, 3.05) is 31.1 Å². The van der Waals surface area contributed by atoms with E-state index in [1.165, 1.54) is 0 Å². The molecule has 2 heterocycles. The fourth-order valence-electron chi connectivity index (χ4n) is 3.16. The average molecular weight is 405 g/mol. The minimum atomic E-state index is -0.0925. The molecule has 1 aromatic carbocycles. The van der Waals surface area contributed by atoms with Crippen LogP contribution in [0.2, 0.25) is 0 Å². The summed E-state index contributed by atoms with van der Waals surface area (Å²) in [6.07, 6.45) is 0. The smallest absolute Gasteiger partial charge is 0.237 e. The zero-order chi connectivity index (χ0) is 18.0. The van der Waals surface area contributed by atoms with E-state index in [-0.39, 0.29) is 18.0 Å². The molecular weight excluding hydrogens is 380 g/mol. The lowest BCUT2D eigenvalue weighted by Crippen LogP contribution is -2.54. The van der Waals surface area contributed by atoms with E-state index in [1.54, 1.807) is 0 Å². The highest BCUT2D eigenvalue weighted by molar-refractivity contribution is 9.10. The Labute approximate surface area is 157 Å². The molecule has 1 amide bonds. The molecule has 1 aromatic heterocycles. The van der Waals surface area contributed by atoms with E-state index in [2.05, 4.69) is 49.2 Å². The Morgan fingerprint density at radius 2 is 1.80 bits per heavy atom. The van der Waals surface area contributed by atoms with E-state index >= 15 is 0 Å². The molecule has 0 radical (unpaired) electrons. The number of hydrogen-bond acceptors (Lipinski definition) is 4. The molecule has 6 heteroatoms. The van der Waals surface area contributed by atoms with Gasteiger partial charge in [-0.2, -0.15) is 0 Å². The molecule has 134 valence electrons. The lowest BCUT2D eigenvalue weighted by atomic mass is 10.2. The van der Waals surface area contributed by atoms with Crippen LogP contribution in [-0.4, -0.2) is 54.1 Å². The van der Waals surface area contributed by atoms with E-state index in [9.17, 15) is 4.79 Å². The highest BCUT2D eigenvalue weighted by Gasteiger charge is 2.26. The summed E-state index contributed by atoms with van der Waals surface area (Å²) >= 11 is 3.51. The van der Waals surface area contributed by atoms with Gasteiger partial charge in [0, 0.05) is 42.1 Å². The summed E-state index contributed by atoms with van der Waals surface area (Å²) in [4.78, 5) is 21.5. The number of benzene rings is 1. The second-order valence-electron chi connectivity index (χ2n) is 6.87. The lowest BCUT2D eigenvalue weighted by Gasteiger charge is -2.38. The van der Waals surface area contributed by atoms with Crippen molar-refractivity contribution in [3.63, 3.8) is 0 Å². The monoisotopic (exact) mass is 404 g/mol. The number of carbonyl (C=O) groups excluding carboxylic acids is 1. The van der Waals surface area contributed by atoms with Gasteiger partial charge in [0.25, 0.3) is 0 Å². The number of nitrogens with zero attached hydrogens (tertiary/aromatic N) is 3. The molecule has 1 saturated heterocycles. The van der Waals surface area contributed by atoms with Gasteiger partial charge in [-0.15, -0.1) is 0 Å².